The number of halogens is 1. The predicted molar refractivity (Wildman–Crippen MR) is 125 cm³/mol. The van der Waals surface area contributed by atoms with Gasteiger partial charge in [-0.05, 0) is 82.1 Å². The SMILES string of the molecule is Cc1ccc(S(=O)(=O)Nc2ccc(C(=O)NCCCN3CCC(C)CC3)c(Cl)c2)cc1. The molecule has 1 aliphatic heterocycles. The number of aryl methyl sites for hydroxylation is 1. The van der Waals surface area contributed by atoms with Crippen LogP contribution in [0.2, 0.25) is 5.02 Å². The molecule has 2 N–H and O–H groups in total. The summed E-state index contributed by atoms with van der Waals surface area (Å²) in [5.41, 5.74) is 1.61. The molecule has 6 nitrogen and oxygen atoms in total. The number of nitrogens with one attached hydrogen (secondary N) is 2. The molecule has 0 radical (unpaired) electrons. The van der Waals surface area contributed by atoms with Gasteiger partial charge in [0.15, 0.2) is 0 Å². The average Bonchev–Trinajstić information content (AvgIpc) is 2.72. The van der Waals surface area contributed by atoms with Gasteiger partial charge in [0.25, 0.3) is 15.9 Å². The second-order valence-electron chi connectivity index (χ2n) is 8.25. The van der Waals surface area contributed by atoms with Crippen molar-refractivity contribution in [1.29, 1.82) is 0 Å². The van der Waals surface area contributed by atoms with Gasteiger partial charge in [0.2, 0.25) is 0 Å². The molecule has 3 rings (SSSR count). The van der Waals surface area contributed by atoms with E-state index in [2.05, 4.69) is 21.9 Å². The molecule has 0 bridgehead atoms. The second-order valence-corrected chi connectivity index (χ2v) is 10.3. The van der Waals surface area contributed by atoms with Crippen LogP contribution >= 0.6 is 11.6 Å². The highest BCUT2D eigenvalue weighted by Crippen LogP contribution is 2.23. The maximum atomic E-state index is 12.5. The van der Waals surface area contributed by atoms with Gasteiger partial charge in [0.05, 0.1) is 21.2 Å². The second kappa shape index (κ2) is 10.5. The maximum Gasteiger partial charge on any atom is 0.261 e. The number of carbonyl (C=O) groups is 1. The molecule has 1 heterocycles. The Morgan fingerprint density at radius 3 is 2.45 bits per heavy atom. The normalized spacial score (nSPS) is 15.6. The highest BCUT2D eigenvalue weighted by atomic mass is 35.5. The fourth-order valence-electron chi connectivity index (χ4n) is 3.58. The van der Waals surface area contributed by atoms with E-state index in [4.69, 9.17) is 11.6 Å². The summed E-state index contributed by atoms with van der Waals surface area (Å²) >= 11 is 6.26. The number of benzene rings is 2. The van der Waals surface area contributed by atoms with Gasteiger partial charge in [-0.3, -0.25) is 9.52 Å². The number of anilines is 1. The third-order valence-electron chi connectivity index (χ3n) is 5.61. The standard InChI is InChI=1S/C23H30ClN3O3S/c1-17-4-7-20(8-5-17)31(29,30)26-19-6-9-21(22(24)16-19)23(28)25-12-3-13-27-14-10-18(2)11-15-27/h4-9,16,18,26H,3,10-15H2,1-2H3,(H,25,28). The van der Waals surface area contributed by atoms with Crippen LogP contribution in [0.15, 0.2) is 47.4 Å². The average molecular weight is 464 g/mol. The van der Waals surface area contributed by atoms with Crippen molar-refractivity contribution in [1.82, 2.24) is 10.2 Å². The number of likely N-dealkylation sites (tertiary alicyclic amines) is 1. The van der Waals surface area contributed by atoms with Gasteiger partial charge in [-0.25, -0.2) is 8.42 Å². The zero-order chi connectivity index (χ0) is 22.4. The van der Waals surface area contributed by atoms with E-state index in [0.717, 1.165) is 37.5 Å². The minimum atomic E-state index is -3.73. The lowest BCUT2D eigenvalue weighted by Gasteiger charge is -2.30. The van der Waals surface area contributed by atoms with Gasteiger partial charge in [0.1, 0.15) is 0 Å². The molecule has 0 unspecified atom stereocenters. The van der Waals surface area contributed by atoms with Gasteiger partial charge in [0, 0.05) is 6.54 Å². The Labute approximate surface area is 190 Å². The van der Waals surface area contributed by atoms with Crippen molar-refractivity contribution in [3.63, 3.8) is 0 Å². The first-order chi connectivity index (χ1) is 14.7. The Balaban J connectivity index is 1.52. The van der Waals surface area contributed by atoms with Crippen LogP contribution < -0.4 is 10.0 Å². The molecule has 1 saturated heterocycles. The minimum Gasteiger partial charge on any atom is -0.352 e. The van der Waals surface area contributed by atoms with Gasteiger partial charge < -0.3 is 10.2 Å². The topological polar surface area (TPSA) is 78.5 Å². The zero-order valence-corrected chi connectivity index (χ0v) is 19.6. The van der Waals surface area contributed by atoms with Crippen LogP contribution in [0.25, 0.3) is 0 Å². The van der Waals surface area contributed by atoms with Gasteiger partial charge >= 0.3 is 0 Å². The lowest BCUT2D eigenvalue weighted by Crippen LogP contribution is -2.35. The van der Waals surface area contributed by atoms with Crippen molar-refractivity contribution < 1.29 is 13.2 Å². The molecule has 1 fully saturated rings. The molecule has 2 aromatic carbocycles. The van der Waals surface area contributed by atoms with Crippen molar-refractivity contribution in [2.75, 3.05) is 30.9 Å². The van der Waals surface area contributed by atoms with Crippen molar-refractivity contribution in [2.24, 2.45) is 5.92 Å². The van der Waals surface area contributed by atoms with E-state index >= 15 is 0 Å². The lowest BCUT2D eigenvalue weighted by molar-refractivity contribution is 0.0950. The van der Waals surface area contributed by atoms with Crippen LogP contribution in [0.4, 0.5) is 5.69 Å². The van der Waals surface area contributed by atoms with Crippen LogP contribution in [-0.2, 0) is 10.0 Å². The number of nitrogens with zero attached hydrogens (tertiary/aromatic N) is 1. The predicted octanol–water partition coefficient (Wildman–Crippen LogP) is 4.30. The molecular weight excluding hydrogens is 434 g/mol. The van der Waals surface area contributed by atoms with E-state index in [9.17, 15) is 13.2 Å². The van der Waals surface area contributed by atoms with Crippen molar-refractivity contribution in [3.05, 3.63) is 58.6 Å². The number of piperidine rings is 1. The lowest BCUT2D eigenvalue weighted by atomic mass is 9.99. The highest BCUT2D eigenvalue weighted by Gasteiger charge is 2.17. The number of amides is 1. The van der Waals surface area contributed by atoms with Crippen molar-refractivity contribution in [3.8, 4) is 0 Å². The largest absolute Gasteiger partial charge is 0.352 e. The van der Waals surface area contributed by atoms with Crippen LogP contribution in [0.1, 0.15) is 42.1 Å². The van der Waals surface area contributed by atoms with Crippen molar-refractivity contribution >= 4 is 33.2 Å². The fourth-order valence-corrected chi connectivity index (χ4v) is 4.90. The molecule has 31 heavy (non-hydrogen) atoms. The first kappa shape index (κ1) is 23.6. The number of rotatable bonds is 8. The van der Waals surface area contributed by atoms with E-state index in [1.807, 2.05) is 6.92 Å². The summed E-state index contributed by atoms with van der Waals surface area (Å²) in [5.74, 6) is 0.549. The van der Waals surface area contributed by atoms with E-state index in [1.165, 1.54) is 25.0 Å². The first-order valence-corrected chi connectivity index (χ1v) is 12.5. The van der Waals surface area contributed by atoms with Gasteiger partial charge in [-0.2, -0.15) is 0 Å². The van der Waals surface area contributed by atoms with Crippen molar-refractivity contribution in [2.45, 2.75) is 38.0 Å². The van der Waals surface area contributed by atoms with Crippen LogP contribution in [0, 0.1) is 12.8 Å². The highest BCUT2D eigenvalue weighted by molar-refractivity contribution is 7.92. The Hall–Kier alpha value is -2.09. The summed E-state index contributed by atoms with van der Waals surface area (Å²) < 4.78 is 27.6. The molecule has 1 amide bonds. The summed E-state index contributed by atoms with van der Waals surface area (Å²) in [7, 11) is -3.73. The number of sulfonamides is 1. The Morgan fingerprint density at radius 1 is 1.13 bits per heavy atom. The van der Waals surface area contributed by atoms with E-state index in [1.54, 1.807) is 30.3 Å². The summed E-state index contributed by atoms with van der Waals surface area (Å²) in [5, 5.41) is 3.10. The third-order valence-corrected chi connectivity index (χ3v) is 7.32. The molecule has 0 aromatic heterocycles. The molecule has 8 heteroatoms. The minimum absolute atomic E-state index is 0.166. The molecular formula is C23H30ClN3O3S. The Morgan fingerprint density at radius 2 is 1.81 bits per heavy atom. The molecule has 168 valence electrons. The number of hydrogen-bond acceptors (Lipinski definition) is 4. The Bertz CT molecular complexity index is 1000. The molecule has 1 aliphatic rings. The summed E-state index contributed by atoms with van der Waals surface area (Å²) in [4.78, 5) is 15.1. The Kier molecular flexibility index (Phi) is 7.97. The molecule has 0 aliphatic carbocycles. The quantitative estimate of drug-likeness (QED) is 0.572. The summed E-state index contributed by atoms with van der Waals surface area (Å²) in [6.45, 7) is 7.98. The summed E-state index contributed by atoms with van der Waals surface area (Å²) in [6.07, 6.45) is 3.36. The van der Waals surface area contributed by atoms with Crippen LogP contribution in [0.5, 0.6) is 0 Å². The molecule has 0 spiro atoms. The third kappa shape index (κ3) is 6.69. The smallest absolute Gasteiger partial charge is 0.261 e. The first-order valence-electron chi connectivity index (χ1n) is 10.6. The van der Waals surface area contributed by atoms with E-state index in [0.29, 0.717) is 17.8 Å². The maximum absolute atomic E-state index is 12.5. The molecule has 0 atom stereocenters. The van der Waals surface area contributed by atoms with E-state index < -0.39 is 10.0 Å². The molecule has 0 saturated carbocycles. The van der Waals surface area contributed by atoms with E-state index in [-0.39, 0.29) is 15.8 Å². The van der Waals surface area contributed by atoms with Gasteiger partial charge in [-0.15, -0.1) is 0 Å². The number of hydrogen-bond donors (Lipinski definition) is 2. The van der Waals surface area contributed by atoms with Gasteiger partial charge in [-0.1, -0.05) is 36.2 Å². The molecule has 2 aromatic rings. The van der Waals surface area contributed by atoms with Crippen LogP contribution in [0.3, 0.4) is 0 Å². The van der Waals surface area contributed by atoms with Crippen LogP contribution in [-0.4, -0.2) is 45.4 Å². The monoisotopic (exact) mass is 463 g/mol. The zero-order valence-electron chi connectivity index (χ0n) is 18.0. The summed E-state index contributed by atoms with van der Waals surface area (Å²) in [6, 6.07) is 11.1. The fraction of sp³-hybridized carbons (Fsp3) is 0.435. The number of carbonyl (C=O) groups excluding carboxylic acids is 1.